The predicted octanol–water partition coefficient (Wildman–Crippen LogP) is 5.01. The van der Waals surface area contributed by atoms with Crippen molar-refractivity contribution in [2.24, 2.45) is 0 Å². The van der Waals surface area contributed by atoms with Gasteiger partial charge in [0.05, 0.1) is 15.6 Å². The number of carbonyl (C=O) groups excluding carboxylic acids is 1. The molecular weight excluding hydrogens is 367 g/mol. The molecule has 2 aromatic rings. The molecule has 132 valence electrons. The summed E-state index contributed by atoms with van der Waals surface area (Å²) >= 11 is 12.0. The number of anilines is 1. The number of aryl methyl sites for hydroxylation is 1. The Kier molecular flexibility index (Phi) is 6.22. The first-order valence-electron chi connectivity index (χ1n) is 7.49. The summed E-state index contributed by atoms with van der Waals surface area (Å²) in [5, 5.41) is 14.2. The number of hydrogen-bond donors (Lipinski definition) is 1. The van der Waals surface area contributed by atoms with E-state index in [1.165, 1.54) is 18.2 Å². The van der Waals surface area contributed by atoms with Crippen LogP contribution in [0.15, 0.2) is 36.4 Å². The number of carbonyl (C=O) groups is 1. The molecule has 1 atom stereocenters. The summed E-state index contributed by atoms with van der Waals surface area (Å²) in [4.78, 5) is 22.7. The maximum absolute atomic E-state index is 12.4. The summed E-state index contributed by atoms with van der Waals surface area (Å²) < 4.78 is 5.70. The van der Waals surface area contributed by atoms with Crippen molar-refractivity contribution in [1.29, 1.82) is 0 Å². The van der Waals surface area contributed by atoms with E-state index in [1.54, 1.807) is 25.1 Å². The number of rotatable bonds is 6. The topological polar surface area (TPSA) is 81.5 Å². The van der Waals surface area contributed by atoms with Gasteiger partial charge in [0.25, 0.3) is 11.6 Å². The molecule has 0 heterocycles. The van der Waals surface area contributed by atoms with Crippen molar-refractivity contribution in [1.82, 2.24) is 0 Å². The first kappa shape index (κ1) is 19.0. The summed E-state index contributed by atoms with van der Waals surface area (Å²) in [6.07, 6.45) is -0.379. The second-order valence-electron chi connectivity index (χ2n) is 5.34. The van der Waals surface area contributed by atoms with Crippen LogP contribution >= 0.6 is 23.2 Å². The van der Waals surface area contributed by atoms with E-state index in [1.807, 2.05) is 6.92 Å². The van der Waals surface area contributed by atoms with Crippen molar-refractivity contribution in [3.05, 3.63) is 62.1 Å². The van der Waals surface area contributed by atoms with Crippen molar-refractivity contribution in [3.8, 4) is 5.75 Å². The molecule has 1 amide bonds. The SMILES string of the molecule is CCC(Oc1ccc(Cl)c(C)c1)C(=O)Nc1cc([N+](=O)[O-])ccc1Cl. The molecule has 0 aromatic heterocycles. The number of nitrogens with one attached hydrogen (secondary N) is 1. The number of nitro groups is 1. The van der Waals surface area contributed by atoms with Crippen molar-refractivity contribution >= 4 is 40.5 Å². The molecule has 0 spiro atoms. The first-order valence-corrected chi connectivity index (χ1v) is 8.25. The molecule has 25 heavy (non-hydrogen) atoms. The standard InChI is InChI=1S/C17H16Cl2N2O4/c1-3-16(25-12-5-7-13(18)10(2)8-12)17(22)20-15-9-11(21(23)24)4-6-14(15)19/h4-9,16H,3H2,1-2H3,(H,20,22). The zero-order valence-electron chi connectivity index (χ0n) is 13.6. The van der Waals surface area contributed by atoms with Crippen LogP contribution in [-0.2, 0) is 4.79 Å². The monoisotopic (exact) mass is 382 g/mol. The normalized spacial score (nSPS) is 11.7. The number of halogens is 2. The largest absolute Gasteiger partial charge is 0.481 e. The van der Waals surface area contributed by atoms with Crippen LogP contribution in [0.25, 0.3) is 0 Å². The molecular formula is C17H16Cl2N2O4. The first-order chi connectivity index (χ1) is 11.8. The van der Waals surface area contributed by atoms with Gasteiger partial charge in [-0.3, -0.25) is 14.9 Å². The van der Waals surface area contributed by atoms with Crippen molar-refractivity contribution in [2.75, 3.05) is 5.32 Å². The number of hydrogen-bond acceptors (Lipinski definition) is 4. The lowest BCUT2D eigenvalue weighted by atomic mass is 10.2. The average Bonchev–Trinajstić information content (AvgIpc) is 2.57. The molecule has 6 nitrogen and oxygen atoms in total. The molecule has 0 saturated carbocycles. The van der Waals surface area contributed by atoms with Crippen LogP contribution in [0.4, 0.5) is 11.4 Å². The molecule has 0 aliphatic carbocycles. The lowest BCUT2D eigenvalue weighted by molar-refractivity contribution is -0.384. The fraction of sp³-hybridized carbons (Fsp3) is 0.235. The van der Waals surface area contributed by atoms with Gasteiger partial charge in [0.2, 0.25) is 0 Å². The van der Waals surface area contributed by atoms with Gasteiger partial charge < -0.3 is 10.1 Å². The van der Waals surface area contributed by atoms with Gasteiger partial charge in [-0.15, -0.1) is 0 Å². The summed E-state index contributed by atoms with van der Waals surface area (Å²) in [7, 11) is 0. The van der Waals surface area contributed by atoms with Gasteiger partial charge in [0, 0.05) is 17.2 Å². The molecule has 8 heteroatoms. The predicted molar refractivity (Wildman–Crippen MR) is 97.6 cm³/mol. The maximum atomic E-state index is 12.4. The Balaban J connectivity index is 2.16. The summed E-state index contributed by atoms with van der Waals surface area (Å²) in [6.45, 7) is 3.63. The van der Waals surface area contributed by atoms with E-state index in [9.17, 15) is 14.9 Å². The molecule has 0 bridgehead atoms. The molecule has 2 rings (SSSR count). The Morgan fingerprint density at radius 3 is 2.52 bits per heavy atom. The smallest absolute Gasteiger partial charge is 0.271 e. The van der Waals surface area contributed by atoms with Crippen LogP contribution in [0.5, 0.6) is 5.75 Å². The van der Waals surface area contributed by atoms with Gasteiger partial charge in [-0.1, -0.05) is 30.1 Å². The summed E-state index contributed by atoms with van der Waals surface area (Å²) in [5.74, 6) is 0.0616. The second kappa shape index (κ2) is 8.18. The number of nitro benzene ring substituents is 1. The average molecular weight is 383 g/mol. The van der Waals surface area contributed by atoms with Crippen LogP contribution in [0.2, 0.25) is 10.0 Å². The minimum Gasteiger partial charge on any atom is -0.481 e. The molecule has 0 saturated heterocycles. The van der Waals surface area contributed by atoms with E-state index in [4.69, 9.17) is 27.9 Å². The van der Waals surface area contributed by atoms with Gasteiger partial charge in [-0.2, -0.15) is 0 Å². The van der Waals surface area contributed by atoms with Crippen LogP contribution in [0.1, 0.15) is 18.9 Å². The van der Waals surface area contributed by atoms with Gasteiger partial charge in [0.1, 0.15) is 5.75 Å². The van der Waals surface area contributed by atoms with Crippen molar-refractivity contribution in [3.63, 3.8) is 0 Å². The van der Waals surface area contributed by atoms with E-state index >= 15 is 0 Å². The summed E-state index contributed by atoms with van der Waals surface area (Å²) in [5.41, 5.74) is 0.827. The van der Waals surface area contributed by atoms with Gasteiger partial charge in [-0.25, -0.2) is 0 Å². The zero-order valence-corrected chi connectivity index (χ0v) is 15.1. The minimum atomic E-state index is -0.782. The Bertz CT molecular complexity index is 811. The Hall–Kier alpha value is -2.31. The number of nitrogens with zero attached hydrogens (tertiary/aromatic N) is 1. The molecule has 0 radical (unpaired) electrons. The lowest BCUT2D eigenvalue weighted by Gasteiger charge is -2.18. The molecule has 0 fully saturated rings. The quantitative estimate of drug-likeness (QED) is 0.562. The van der Waals surface area contributed by atoms with Crippen LogP contribution in [0.3, 0.4) is 0 Å². The fourth-order valence-corrected chi connectivity index (χ4v) is 2.40. The van der Waals surface area contributed by atoms with Crippen LogP contribution < -0.4 is 10.1 Å². The van der Waals surface area contributed by atoms with Gasteiger partial charge >= 0.3 is 0 Å². The summed E-state index contributed by atoms with van der Waals surface area (Å²) in [6, 6.07) is 8.93. The highest BCUT2D eigenvalue weighted by Gasteiger charge is 2.21. The van der Waals surface area contributed by atoms with Crippen molar-refractivity contribution < 1.29 is 14.5 Å². The number of benzene rings is 2. The fourth-order valence-electron chi connectivity index (χ4n) is 2.11. The van der Waals surface area contributed by atoms with Crippen molar-refractivity contribution in [2.45, 2.75) is 26.4 Å². The molecule has 0 aliphatic heterocycles. The number of non-ortho nitro benzene ring substituents is 1. The highest BCUT2D eigenvalue weighted by atomic mass is 35.5. The highest BCUT2D eigenvalue weighted by Crippen LogP contribution is 2.27. The van der Waals surface area contributed by atoms with Gasteiger partial charge in [0.15, 0.2) is 6.10 Å². The third kappa shape index (κ3) is 4.84. The number of ether oxygens (including phenoxy) is 1. The third-order valence-corrected chi connectivity index (χ3v) is 4.24. The Morgan fingerprint density at radius 2 is 1.92 bits per heavy atom. The lowest BCUT2D eigenvalue weighted by Crippen LogP contribution is -2.32. The third-order valence-electron chi connectivity index (χ3n) is 3.49. The van der Waals surface area contributed by atoms with Crippen LogP contribution in [-0.4, -0.2) is 16.9 Å². The van der Waals surface area contributed by atoms with E-state index in [0.717, 1.165) is 5.56 Å². The zero-order chi connectivity index (χ0) is 18.6. The Morgan fingerprint density at radius 1 is 1.24 bits per heavy atom. The van der Waals surface area contributed by atoms with Gasteiger partial charge in [-0.05, 0) is 43.2 Å². The molecule has 1 N–H and O–H groups in total. The van der Waals surface area contributed by atoms with E-state index in [0.29, 0.717) is 17.2 Å². The maximum Gasteiger partial charge on any atom is 0.271 e. The molecule has 2 aromatic carbocycles. The van der Waals surface area contributed by atoms with E-state index < -0.39 is 16.9 Å². The number of amides is 1. The highest BCUT2D eigenvalue weighted by molar-refractivity contribution is 6.33. The Labute approximate surface area is 154 Å². The molecule has 1 unspecified atom stereocenters. The minimum absolute atomic E-state index is 0.162. The van der Waals surface area contributed by atoms with E-state index in [2.05, 4.69) is 5.32 Å². The molecule has 0 aliphatic rings. The second-order valence-corrected chi connectivity index (χ2v) is 6.15. The van der Waals surface area contributed by atoms with Crippen LogP contribution in [0, 0.1) is 17.0 Å². The van der Waals surface area contributed by atoms with E-state index in [-0.39, 0.29) is 16.4 Å².